The van der Waals surface area contributed by atoms with Crippen LogP contribution in [0.1, 0.15) is 20.3 Å². The van der Waals surface area contributed by atoms with Crippen molar-refractivity contribution in [3.05, 3.63) is 18.2 Å². The van der Waals surface area contributed by atoms with E-state index < -0.39 is 10.4 Å². The van der Waals surface area contributed by atoms with Gasteiger partial charge in [0.15, 0.2) is 0 Å². The van der Waals surface area contributed by atoms with Crippen LogP contribution in [-0.2, 0) is 10.4 Å². The summed E-state index contributed by atoms with van der Waals surface area (Å²) in [6, 6.07) is 5.93. The number of benzene rings is 1. The summed E-state index contributed by atoms with van der Waals surface area (Å²) in [6.45, 7) is 9.35. The maximum Gasteiger partial charge on any atom is 0.394 e. The number of anilines is 3. The van der Waals surface area contributed by atoms with Crippen molar-refractivity contribution >= 4 is 27.5 Å². The lowest BCUT2D eigenvalue weighted by Crippen LogP contribution is -2.28. The van der Waals surface area contributed by atoms with Crippen molar-refractivity contribution in [2.45, 2.75) is 20.3 Å². The zero-order chi connectivity index (χ0) is 19.3. The van der Waals surface area contributed by atoms with Gasteiger partial charge in [0.25, 0.3) is 0 Å². The van der Waals surface area contributed by atoms with Gasteiger partial charge in [-0.25, -0.2) is 0 Å². The third-order valence-electron chi connectivity index (χ3n) is 3.35. The topological polar surface area (TPSA) is 148 Å². The maximum atomic E-state index is 8.75. The molecule has 0 saturated carbocycles. The summed E-state index contributed by atoms with van der Waals surface area (Å²) in [5, 5.41) is 15.3. The maximum absolute atomic E-state index is 8.75. The Morgan fingerprint density at radius 1 is 1.12 bits per heavy atom. The van der Waals surface area contributed by atoms with Crippen molar-refractivity contribution < 1.29 is 22.6 Å². The fourth-order valence-electron chi connectivity index (χ4n) is 2.03. The molecular formula is C15H30N4O5S. The first kappa shape index (κ1) is 23.4. The molecule has 0 aliphatic rings. The second-order valence-corrected chi connectivity index (χ2v) is 6.10. The van der Waals surface area contributed by atoms with Crippen LogP contribution in [0.2, 0.25) is 0 Å². The van der Waals surface area contributed by atoms with Gasteiger partial charge in [-0.05, 0) is 37.7 Å². The van der Waals surface area contributed by atoms with Crippen molar-refractivity contribution in [3.63, 3.8) is 0 Å². The van der Waals surface area contributed by atoms with Crippen LogP contribution < -0.4 is 16.4 Å². The second-order valence-electron chi connectivity index (χ2n) is 5.21. The fraction of sp³-hybridized carbons (Fsp3) is 0.600. The Balaban J connectivity index is 0.00000101. The van der Waals surface area contributed by atoms with Gasteiger partial charge in [0.05, 0.1) is 11.4 Å². The van der Waals surface area contributed by atoms with Crippen LogP contribution in [0.5, 0.6) is 0 Å². The third-order valence-corrected chi connectivity index (χ3v) is 3.35. The quantitative estimate of drug-likeness (QED) is 0.200. The highest BCUT2D eigenvalue weighted by atomic mass is 32.3. The molecule has 1 aromatic rings. The standard InChI is InChI=1S/C15H28N4O.H2O4S/c1-3-19(4-2)10-9-18-15-7-6-13(12-14(15)16)17-8-5-11-20;1-5(2,3)4/h6-7,12,17-18,20H,3-5,8-11,16H2,1-2H3;(H2,1,2,3,4). The zero-order valence-electron chi connectivity index (χ0n) is 14.8. The summed E-state index contributed by atoms with van der Waals surface area (Å²) in [5.74, 6) is 0. The van der Waals surface area contributed by atoms with E-state index in [-0.39, 0.29) is 6.61 Å². The van der Waals surface area contributed by atoms with Crippen molar-refractivity contribution in [2.75, 3.05) is 55.7 Å². The number of nitrogens with two attached hydrogens (primary N) is 1. The summed E-state index contributed by atoms with van der Waals surface area (Å²) in [4.78, 5) is 2.37. The Labute approximate surface area is 149 Å². The number of hydrogen-bond donors (Lipinski definition) is 6. The van der Waals surface area contributed by atoms with E-state index in [1.807, 2.05) is 18.2 Å². The fourth-order valence-corrected chi connectivity index (χ4v) is 2.03. The number of rotatable bonds is 10. The van der Waals surface area contributed by atoms with Crippen LogP contribution in [0.3, 0.4) is 0 Å². The van der Waals surface area contributed by atoms with E-state index in [2.05, 4.69) is 29.4 Å². The van der Waals surface area contributed by atoms with Crippen LogP contribution in [0.15, 0.2) is 18.2 Å². The van der Waals surface area contributed by atoms with Gasteiger partial charge in [0, 0.05) is 31.9 Å². The molecular weight excluding hydrogens is 348 g/mol. The molecule has 25 heavy (non-hydrogen) atoms. The van der Waals surface area contributed by atoms with Crippen LogP contribution >= 0.6 is 0 Å². The molecule has 0 radical (unpaired) electrons. The van der Waals surface area contributed by atoms with Gasteiger partial charge in [-0.3, -0.25) is 9.11 Å². The molecule has 0 aliphatic carbocycles. The smallest absolute Gasteiger partial charge is 0.394 e. The lowest BCUT2D eigenvalue weighted by Gasteiger charge is -2.19. The first-order valence-electron chi connectivity index (χ1n) is 8.11. The number of likely N-dealkylation sites (N-methyl/N-ethyl adjacent to an activating group) is 1. The number of nitrogen functional groups attached to an aromatic ring is 1. The molecule has 9 nitrogen and oxygen atoms in total. The van der Waals surface area contributed by atoms with Crippen LogP contribution in [0.4, 0.5) is 17.1 Å². The highest BCUT2D eigenvalue weighted by molar-refractivity contribution is 7.79. The molecule has 0 saturated heterocycles. The summed E-state index contributed by atoms with van der Waals surface area (Å²) in [6.07, 6.45) is 0.740. The molecule has 0 aromatic heterocycles. The average Bonchev–Trinajstić information content (AvgIpc) is 2.52. The van der Waals surface area contributed by atoms with Gasteiger partial charge in [0.1, 0.15) is 0 Å². The Morgan fingerprint density at radius 2 is 1.72 bits per heavy atom. The minimum absolute atomic E-state index is 0.202. The molecule has 0 atom stereocenters. The van der Waals surface area contributed by atoms with E-state index in [0.29, 0.717) is 0 Å². The summed E-state index contributed by atoms with van der Waals surface area (Å²) < 4.78 is 31.6. The van der Waals surface area contributed by atoms with Crippen molar-refractivity contribution in [1.82, 2.24) is 4.90 Å². The predicted octanol–water partition coefficient (Wildman–Crippen LogP) is 1.16. The highest BCUT2D eigenvalue weighted by Gasteiger charge is 2.02. The van der Waals surface area contributed by atoms with E-state index in [4.69, 9.17) is 28.4 Å². The van der Waals surface area contributed by atoms with E-state index >= 15 is 0 Å². The summed E-state index contributed by atoms with van der Waals surface area (Å²) in [7, 11) is -4.67. The van der Waals surface area contributed by atoms with Crippen molar-refractivity contribution in [3.8, 4) is 0 Å². The molecule has 1 rings (SSSR count). The number of hydrogen-bond acceptors (Lipinski definition) is 7. The molecule has 0 unspecified atom stereocenters. The molecule has 146 valence electrons. The molecule has 0 bridgehead atoms. The van der Waals surface area contributed by atoms with Gasteiger partial charge >= 0.3 is 10.4 Å². The van der Waals surface area contributed by atoms with Crippen LogP contribution in [-0.4, -0.2) is 66.9 Å². The minimum atomic E-state index is -4.67. The Bertz CT molecular complexity index is 571. The third kappa shape index (κ3) is 13.4. The molecule has 0 amide bonds. The van der Waals surface area contributed by atoms with Crippen LogP contribution in [0, 0.1) is 0 Å². The molecule has 0 spiro atoms. The Morgan fingerprint density at radius 3 is 2.20 bits per heavy atom. The lowest BCUT2D eigenvalue weighted by atomic mass is 10.2. The van der Waals surface area contributed by atoms with Crippen molar-refractivity contribution in [2.24, 2.45) is 0 Å². The average molecular weight is 378 g/mol. The lowest BCUT2D eigenvalue weighted by molar-refractivity contribution is 0.292. The van der Waals surface area contributed by atoms with E-state index in [9.17, 15) is 0 Å². The Hall–Kier alpha value is -1.59. The molecule has 0 fully saturated rings. The van der Waals surface area contributed by atoms with Gasteiger partial charge in [-0.1, -0.05) is 13.8 Å². The van der Waals surface area contributed by atoms with E-state index in [1.54, 1.807) is 0 Å². The first-order valence-corrected chi connectivity index (χ1v) is 9.51. The second kappa shape index (κ2) is 12.7. The Kier molecular flexibility index (Phi) is 11.9. The van der Waals surface area contributed by atoms with Crippen molar-refractivity contribution in [1.29, 1.82) is 0 Å². The molecule has 0 aliphatic heterocycles. The molecule has 7 N–H and O–H groups in total. The van der Waals surface area contributed by atoms with E-state index in [1.165, 1.54) is 0 Å². The monoisotopic (exact) mass is 378 g/mol. The van der Waals surface area contributed by atoms with E-state index in [0.717, 1.165) is 56.2 Å². The number of aliphatic hydroxyl groups is 1. The SMILES string of the molecule is CCN(CC)CCNc1ccc(NCCCO)cc1N.O=S(=O)(O)O. The van der Waals surface area contributed by atoms with Crippen LogP contribution in [0.25, 0.3) is 0 Å². The van der Waals surface area contributed by atoms with Gasteiger partial charge in [0.2, 0.25) is 0 Å². The molecule has 10 heteroatoms. The first-order chi connectivity index (χ1) is 11.7. The number of nitrogens with one attached hydrogen (secondary N) is 2. The number of aliphatic hydroxyl groups excluding tert-OH is 1. The highest BCUT2D eigenvalue weighted by Crippen LogP contribution is 2.22. The van der Waals surface area contributed by atoms with Gasteiger partial charge in [-0.15, -0.1) is 0 Å². The summed E-state index contributed by atoms with van der Waals surface area (Å²) in [5.41, 5.74) is 8.76. The van der Waals surface area contributed by atoms with Gasteiger partial charge in [-0.2, -0.15) is 8.42 Å². The number of nitrogens with zero attached hydrogens (tertiary/aromatic N) is 1. The zero-order valence-corrected chi connectivity index (χ0v) is 15.6. The largest absolute Gasteiger partial charge is 0.397 e. The minimum Gasteiger partial charge on any atom is -0.397 e. The molecule has 1 aromatic carbocycles. The molecule has 0 heterocycles. The normalized spacial score (nSPS) is 11.0. The predicted molar refractivity (Wildman–Crippen MR) is 102 cm³/mol. The van der Waals surface area contributed by atoms with Gasteiger partial charge < -0.3 is 26.4 Å². The summed E-state index contributed by atoms with van der Waals surface area (Å²) >= 11 is 0.